The topological polar surface area (TPSA) is 58.2 Å². The van der Waals surface area contributed by atoms with Gasteiger partial charge in [0.2, 0.25) is 5.91 Å². The molecule has 2 amide bonds. The Morgan fingerprint density at radius 1 is 1.33 bits per heavy atom. The van der Waals surface area contributed by atoms with Gasteiger partial charge in [0.15, 0.2) is 0 Å². The highest BCUT2D eigenvalue weighted by molar-refractivity contribution is 7.12. The van der Waals surface area contributed by atoms with Crippen LogP contribution in [-0.4, -0.2) is 11.8 Å². The molecule has 3 rings (SSSR count). The lowest BCUT2D eigenvalue weighted by atomic mass is 9.89. The summed E-state index contributed by atoms with van der Waals surface area (Å²) in [5, 5.41) is 7.64. The summed E-state index contributed by atoms with van der Waals surface area (Å²) in [6, 6.07) is 9.19. The molecule has 0 fully saturated rings. The molecule has 0 saturated carbocycles. The van der Waals surface area contributed by atoms with E-state index in [1.807, 2.05) is 43.5 Å². The van der Waals surface area contributed by atoms with Gasteiger partial charge in [-0.25, -0.2) is 0 Å². The summed E-state index contributed by atoms with van der Waals surface area (Å²) in [6.07, 6.45) is 0. The largest absolute Gasteiger partial charge is 0.325 e. The minimum Gasteiger partial charge on any atom is -0.325 e. The molecule has 1 aromatic heterocycles. The second kappa shape index (κ2) is 5.33. The Bertz CT molecular complexity index is 692. The lowest BCUT2D eigenvalue weighted by Gasteiger charge is -2.13. The van der Waals surface area contributed by atoms with Gasteiger partial charge in [0.25, 0.3) is 5.91 Å². The molecule has 1 atom stereocenters. The van der Waals surface area contributed by atoms with Gasteiger partial charge in [0, 0.05) is 11.4 Å². The Balaban J connectivity index is 1.87. The molecular weight excluding hydrogens is 284 g/mol. The number of thiophene rings is 1. The summed E-state index contributed by atoms with van der Waals surface area (Å²) >= 11 is 1.40. The Hall–Kier alpha value is -2.14. The molecule has 108 valence electrons. The second-order valence-electron chi connectivity index (χ2n) is 5.44. The molecular formula is C16H16N2O2S. The highest BCUT2D eigenvalue weighted by Crippen LogP contribution is 2.38. The van der Waals surface area contributed by atoms with E-state index in [4.69, 9.17) is 0 Å². The predicted molar refractivity (Wildman–Crippen MR) is 84.9 cm³/mol. The first-order valence-electron chi connectivity index (χ1n) is 6.86. The summed E-state index contributed by atoms with van der Waals surface area (Å²) in [5.74, 6) is -0.0295. The first-order chi connectivity index (χ1) is 10.1. The molecule has 0 spiro atoms. The van der Waals surface area contributed by atoms with E-state index in [1.54, 1.807) is 6.07 Å². The molecule has 0 bridgehead atoms. The molecule has 1 aromatic carbocycles. The van der Waals surface area contributed by atoms with Crippen LogP contribution in [0.3, 0.4) is 0 Å². The third-order valence-electron chi connectivity index (χ3n) is 3.60. The summed E-state index contributed by atoms with van der Waals surface area (Å²) in [7, 11) is 0. The minimum absolute atomic E-state index is 0.0294. The molecule has 0 saturated heterocycles. The number of carbonyl (C=O) groups excluding carboxylic acids is 2. The Kier molecular flexibility index (Phi) is 3.51. The average Bonchev–Trinajstić information content (AvgIpc) is 3.04. The van der Waals surface area contributed by atoms with Gasteiger partial charge in [-0.05, 0) is 41.1 Å². The predicted octanol–water partition coefficient (Wildman–Crippen LogP) is 3.69. The molecule has 2 heterocycles. The number of benzene rings is 1. The molecule has 1 aliphatic rings. The number of rotatable bonds is 3. The maximum Gasteiger partial charge on any atom is 0.265 e. The summed E-state index contributed by atoms with van der Waals surface area (Å²) in [5.41, 5.74) is 2.51. The van der Waals surface area contributed by atoms with Crippen LogP contribution in [0.5, 0.6) is 0 Å². The van der Waals surface area contributed by atoms with E-state index in [-0.39, 0.29) is 23.7 Å². The smallest absolute Gasteiger partial charge is 0.265 e. The van der Waals surface area contributed by atoms with Crippen molar-refractivity contribution < 1.29 is 9.59 Å². The number of anilines is 2. The second-order valence-corrected chi connectivity index (χ2v) is 6.39. The SMILES string of the molecule is CC(C)C1C(=O)Nc2ccc(NC(=O)c3cccs3)cc21. The van der Waals surface area contributed by atoms with Gasteiger partial charge in [-0.1, -0.05) is 19.9 Å². The number of amides is 2. The van der Waals surface area contributed by atoms with Crippen molar-refractivity contribution in [2.75, 3.05) is 10.6 Å². The van der Waals surface area contributed by atoms with Gasteiger partial charge < -0.3 is 10.6 Å². The summed E-state index contributed by atoms with van der Waals surface area (Å²) in [6.45, 7) is 4.05. The number of carbonyl (C=O) groups is 2. The van der Waals surface area contributed by atoms with Crippen LogP contribution < -0.4 is 10.6 Å². The lowest BCUT2D eigenvalue weighted by molar-refractivity contribution is -0.117. The monoisotopic (exact) mass is 300 g/mol. The van der Waals surface area contributed by atoms with E-state index in [9.17, 15) is 9.59 Å². The summed E-state index contributed by atoms with van der Waals surface area (Å²) in [4.78, 5) is 24.7. The van der Waals surface area contributed by atoms with Crippen molar-refractivity contribution in [1.29, 1.82) is 0 Å². The van der Waals surface area contributed by atoms with E-state index in [0.29, 0.717) is 10.6 Å². The van der Waals surface area contributed by atoms with Crippen LogP contribution >= 0.6 is 11.3 Å². The minimum atomic E-state index is -0.154. The standard InChI is InChI=1S/C16H16N2O2S/c1-9(2)14-11-8-10(5-6-12(11)18-16(14)20)17-15(19)13-4-3-7-21-13/h3-9,14H,1-2H3,(H,17,19)(H,18,20). The van der Waals surface area contributed by atoms with E-state index in [0.717, 1.165) is 11.3 Å². The molecule has 5 heteroatoms. The van der Waals surface area contributed by atoms with Crippen molar-refractivity contribution in [3.05, 3.63) is 46.2 Å². The van der Waals surface area contributed by atoms with Crippen LogP contribution in [0.2, 0.25) is 0 Å². The average molecular weight is 300 g/mol. The van der Waals surface area contributed by atoms with Crippen molar-refractivity contribution in [1.82, 2.24) is 0 Å². The third kappa shape index (κ3) is 2.56. The maximum absolute atomic E-state index is 12.1. The zero-order chi connectivity index (χ0) is 15.0. The van der Waals surface area contributed by atoms with Gasteiger partial charge in [-0.3, -0.25) is 9.59 Å². The fourth-order valence-corrected chi connectivity index (χ4v) is 3.24. The van der Waals surface area contributed by atoms with E-state index < -0.39 is 0 Å². The molecule has 0 radical (unpaired) electrons. The lowest BCUT2D eigenvalue weighted by Crippen LogP contribution is -2.16. The van der Waals surface area contributed by atoms with Gasteiger partial charge >= 0.3 is 0 Å². The molecule has 4 nitrogen and oxygen atoms in total. The number of nitrogens with one attached hydrogen (secondary N) is 2. The normalized spacial score (nSPS) is 16.7. The molecule has 1 aliphatic heterocycles. The van der Waals surface area contributed by atoms with E-state index >= 15 is 0 Å². The van der Waals surface area contributed by atoms with Gasteiger partial charge in [-0.2, -0.15) is 0 Å². The van der Waals surface area contributed by atoms with Crippen LogP contribution in [0, 0.1) is 5.92 Å². The van der Waals surface area contributed by atoms with Crippen LogP contribution in [0.4, 0.5) is 11.4 Å². The maximum atomic E-state index is 12.1. The molecule has 2 N–H and O–H groups in total. The number of hydrogen-bond acceptors (Lipinski definition) is 3. The fraction of sp³-hybridized carbons (Fsp3) is 0.250. The summed E-state index contributed by atoms with van der Waals surface area (Å²) < 4.78 is 0. The number of hydrogen-bond donors (Lipinski definition) is 2. The van der Waals surface area contributed by atoms with Crippen molar-refractivity contribution in [3.8, 4) is 0 Å². The van der Waals surface area contributed by atoms with E-state index in [2.05, 4.69) is 10.6 Å². The zero-order valence-electron chi connectivity index (χ0n) is 11.8. The Morgan fingerprint density at radius 3 is 2.81 bits per heavy atom. The quantitative estimate of drug-likeness (QED) is 0.908. The van der Waals surface area contributed by atoms with Crippen molar-refractivity contribution in [2.24, 2.45) is 5.92 Å². The highest BCUT2D eigenvalue weighted by atomic mass is 32.1. The van der Waals surface area contributed by atoms with E-state index in [1.165, 1.54) is 11.3 Å². The Morgan fingerprint density at radius 2 is 2.14 bits per heavy atom. The first-order valence-corrected chi connectivity index (χ1v) is 7.74. The van der Waals surface area contributed by atoms with Crippen molar-refractivity contribution in [3.63, 3.8) is 0 Å². The zero-order valence-corrected chi connectivity index (χ0v) is 12.7. The van der Waals surface area contributed by atoms with Crippen LogP contribution in [0.1, 0.15) is 35.0 Å². The van der Waals surface area contributed by atoms with Crippen molar-refractivity contribution >= 4 is 34.5 Å². The van der Waals surface area contributed by atoms with Crippen LogP contribution in [0.15, 0.2) is 35.7 Å². The molecule has 21 heavy (non-hydrogen) atoms. The molecule has 2 aromatic rings. The van der Waals surface area contributed by atoms with Gasteiger partial charge in [0.05, 0.1) is 10.8 Å². The Labute approximate surface area is 127 Å². The fourth-order valence-electron chi connectivity index (χ4n) is 2.63. The third-order valence-corrected chi connectivity index (χ3v) is 4.47. The van der Waals surface area contributed by atoms with Gasteiger partial charge in [0.1, 0.15) is 0 Å². The first kappa shape index (κ1) is 13.8. The molecule has 1 unspecified atom stereocenters. The highest BCUT2D eigenvalue weighted by Gasteiger charge is 2.33. The number of fused-ring (bicyclic) bond motifs is 1. The van der Waals surface area contributed by atoms with Crippen LogP contribution in [-0.2, 0) is 4.79 Å². The van der Waals surface area contributed by atoms with Crippen molar-refractivity contribution in [2.45, 2.75) is 19.8 Å². The van der Waals surface area contributed by atoms with Crippen LogP contribution in [0.25, 0.3) is 0 Å². The van der Waals surface area contributed by atoms with Gasteiger partial charge in [-0.15, -0.1) is 11.3 Å². The molecule has 0 aliphatic carbocycles.